The molecule has 3 aromatic heterocycles. The summed E-state index contributed by atoms with van der Waals surface area (Å²) in [5, 5.41) is 16.2. The Labute approximate surface area is 262 Å². The van der Waals surface area contributed by atoms with Gasteiger partial charge in [0, 0.05) is 35.5 Å². The van der Waals surface area contributed by atoms with Crippen molar-refractivity contribution in [1.29, 1.82) is 0 Å². The molecular formula is C29H38ClFN8O2S2. The van der Waals surface area contributed by atoms with Crippen molar-refractivity contribution in [3.8, 4) is 21.8 Å². The number of primary sulfonamides is 1. The number of nitrogens with two attached hydrogens (primary N) is 1. The van der Waals surface area contributed by atoms with E-state index in [2.05, 4.69) is 20.7 Å². The zero-order valence-electron chi connectivity index (χ0n) is 24.7. The fourth-order valence-corrected chi connectivity index (χ4v) is 7.25. The number of benzene rings is 1. The lowest BCUT2D eigenvalue weighted by atomic mass is 9.98. The van der Waals surface area contributed by atoms with E-state index < -0.39 is 21.1 Å². The van der Waals surface area contributed by atoms with Crippen molar-refractivity contribution >= 4 is 45.4 Å². The van der Waals surface area contributed by atoms with Gasteiger partial charge in [-0.3, -0.25) is 4.68 Å². The van der Waals surface area contributed by atoms with Gasteiger partial charge in [-0.1, -0.05) is 39.8 Å². The van der Waals surface area contributed by atoms with Gasteiger partial charge in [0.05, 0.1) is 33.2 Å². The van der Waals surface area contributed by atoms with E-state index >= 15 is 4.39 Å². The van der Waals surface area contributed by atoms with Gasteiger partial charge in [0.25, 0.3) is 0 Å². The molecule has 4 N–H and O–H groups in total. The topological polar surface area (TPSA) is 141 Å². The van der Waals surface area contributed by atoms with Gasteiger partial charge in [-0.25, -0.2) is 32.9 Å². The number of halogens is 2. The molecule has 43 heavy (non-hydrogen) atoms. The lowest BCUT2D eigenvalue weighted by molar-refractivity contribution is 0.321. The summed E-state index contributed by atoms with van der Waals surface area (Å²) in [6, 6.07) is 6.47. The van der Waals surface area contributed by atoms with Crippen LogP contribution in [0, 0.1) is 11.7 Å². The fraction of sp³-hybridized carbons (Fsp3) is 0.448. The molecule has 14 heteroatoms. The number of rotatable bonds is 9. The smallest absolute Gasteiger partial charge is 0.227 e. The lowest BCUT2D eigenvalue weighted by Gasteiger charge is -2.22. The highest BCUT2D eigenvalue weighted by Gasteiger charge is 2.29. The number of nitrogens with one attached hydrogen (secondary N) is 2. The molecule has 1 aliphatic heterocycles. The first-order chi connectivity index (χ1) is 19.9. The highest BCUT2D eigenvalue weighted by Crippen LogP contribution is 2.42. The highest BCUT2D eigenvalue weighted by molar-refractivity contribution is 7.89. The molecule has 0 radical (unpaired) electrons. The van der Waals surface area contributed by atoms with Crippen LogP contribution in [0.2, 0.25) is 0 Å². The van der Waals surface area contributed by atoms with E-state index in [4.69, 9.17) is 15.1 Å². The van der Waals surface area contributed by atoms with Crippen LogP contribution in [0.3, 0.4) is 0 Å². The first-order valence-electron chi connectivity index (χ1n) is 14.1. The van der Waals surface area contributed by atoms with E-state index in [1.165, 1.54) is 17.4 Å². The maximum Gasteiger partial charge on any atom is 0.227 e. The molecule has 4 heterocycles. The van der Waals surface area contributed by atoms with Crippen LogP contribution in [-0.2, 0) is 22.0 Å². The average Bonchev–Trinajstić information content (AvgIpc) is 3.57. The zero-order chi connectivity index (χ0) is 30.1. The summed E-state index contributed by atoms with van der Waals surface area (Å²) in [4.78, 5) is 14.7. The van der Waals surface area contributed by atoms with Gasteiger partial charge in [0.2, 0.25) is 16.0 Å². The standard InChI is InChI=1S/C29H37FN8O2S2.ClH/c1-5-23(42(31,39)40)20-7-6-8-21(24(20)30)25-26(41-27(37-25)29(2,3)4)22-11-14-33-28(36-22)35-19-15-34-38(17-19)16-18-9-12-32-13-10-18;/h6-8,11,14-15,17-18,23,32H,5,9-10,12-13,16H2,1-4H3,(H2,31,39,40)(H,33,35,36);1H. The monoisotopic (exact) mass is 648 g/mol. The van der Waals surface area contributed by atoms with Crippen molar-refractivity contribution in [3.05, 3.63) is 59.2 Å². The summed E-state index contributed by atoms with van der Waals surface area (Å²) in [6.45, 7) is 10.7. The summed E-state index contributed by atoms with van der Waals surface area (Å²) in [6.07, 6.45) is 7.75. The minimum absolute atomic E-state index is 0. The van der Waals surface area contributed by atoms with Crippen molar-refractivity contribution in [1.82, 2.24) is 30.0 Å². The minimum atomic E-state index is -4.01. The molecule has 0 amide bonds. The van der Waals surface area contributed by atoms with Crippen LogP contribution in [0.25, 0.3) is 21.8 Å². The van der Waals surface area contributed by atoms with Crippen LogP contribution in [0.15, 0.2) is 42.9 Å². The van der Waals surface area contributed by atoms with Gasteiger partial charge in [0.15, 0.2) is 0 Å². The summed E-state index contributed by atoms with van der Waals surface area (Å²) >= 11 is 1.43. The second kappa shape index (κ2) is 13.3. The van der Waals surface area contributed by atoms with Crippen LogP contribution in [-0.4, -0.2) is 46.2 Å². The minimum Gasteiger partial charge on any atom is -0.321 e. The first-order valence-corrected chi connectivity index (χ1v) is 16.5. The molecule has 0 aliphatic carbocycles. The molecule has 1 aliphatic rings. The molecule has 232 valence electrons. The second-order valence-electron chi connectivity index (χ2n) is 11.7. The summed E-state index contributed by atoms with van der Waals surface area (Å²) in [7, 11) is -4.01. The van der Waals surface area contributed by atoms with Gasteiger partial charge in [-0.15, -0.1) is 23.7 Å². The molecule has 0 saturated carbocycles. The molecule has 0 bridgehead atoms. The number of piperidine rings is 1. The van der Waals surface area contributed by atoms with Crippen molar-refractivity contribution < 1.29 is 12.8 Å². The molecule has 1 atom stereocenters. The third-order valence-corrected chi connectivity index (χ3v) is 10.2. The third kappa shape index (κ3) is 7.58. The van der Waals surface area contributed by atoms with E-state index in [-0.39, 0.29) is 35.4 Å². The van der Waals surface area contributed by atoms with E-state index in [0.29, 0.717) is 28.1 Å². The van der Waals surface area contributed by atoms with Crippen molar-refractivity contribution in [2.45, 2.75) is 64.2 Å². The summed E-state index contributed by atoms with van der Waals surface area (Å²) < 4.78 is 42.5. The Morgan fingerprint density at radius 2 is 1.95 bits per heavy atom. The summed E-state index contributed by atoms with van der Waals surface area (Å²) in [5.41, 5.74) is 1.65. The Morgan fingerprint density at radius 1 is 1.21 bits per heavy atom. The molecule has 5 rings (SSSR count). The van der Waals surface area contributed by atoms with Crippen LogP contribution in [0.5, 0.6) is 0 Å². The number of thiazole rings is 1. The van der Waals surface area contributed by atoms with E-state index in [0.717, 1.165) is 43.2 Å². The highest BCUT2D eigenvalue weighted by atomic mass is 35.5. The zero-order valence-corrected chi connectivity index (χ0v) is 27.1. The number of sulfonamides is 1. The number of anilines is 2. The molecule has 1 aromatic carbocycles. The molecule has 1 saturated heterocycles. The molecule has 0 spiro atoms. The van der Waals surface area contributed by atoms with Gasteiger partial charge in [0.1, 0.15) is 11.1 Å². The Morgan fingerprint density at radius 3 is 2.63 bits per heavy atom. The van der Waals surface area contributed by atoms with Crippen molar-refractivity contribution in [2.24, 2.45) is 11.1 Å². The average molecular weight is 649 g/mol. The Hall–Kier alpha value is -2.97. The quantitative estimate of drug-likeness (QED) is 0.207. The Kier molecular flexibility index (Phi) is 10.2. The number of aromatic nitrogens is 5. The SMILES string of the molecule is CCC(c1cccc(-c2nc(C(C)(C)C)sc2-c2ccnc(Nc3cnn(CC4CCNCC4)c3)n2)c1F)S(N)(=O)=O.Cl. The second-order valence-corrected chi connectivity index (χ2v) is 14.4. The van der Waals surface area contributed by atoms with Gasteiger partial charge < -0.3 is 10.6 Å². The van der Waals surface area contributed by atoms with E-state index in [1.807, 2.05) is 31.6 Å². The maximum absolute atomic E-state index is 16.1. The molecular weight excluding hydrogens is 611 g/mol. The molecule has 10 nitrogen and oxygen atoms in total. The number of hydrogen-bond donors (Lipinski definition) is 3. The predicted molar refractivity (Wildman–Crippen MR) is 172 cm³/mol. The summed E-state index contributed by atoms with van der Waals surface area (Å²) in [5.74, 6) is 0.316. The van der Waals surface area contributed by atoms with Crippen LogP contribution in [0.1, 0.15) is 62.8 Å². The number of nitrogens with zero attached hydrogens (tertiary/aromatic N) is 5. The van der Waals surface area contributed by atoms with Gasteiger partial charge >= 0.3 is 0 Å². The van der Waals surface area contributed by atoms with Crippen LogP contribution in [0.4, 0.5) is 16.0 Å². The third-order valence-electron chi connectivity index (χ3n) is 7.35. The van der Waals surface area contributed by atoms with Crippen LogP contribution < -0.4 is 15.8 Å². The van der Waals surface area contributed by atoms with E-state index in [9.17, 15) is 8.42 Å². The largest absolute Gasteiger partial charge is 0.321 e. The Balaban J connectivity index is 0.00000423. The molecule has 1 fully saturated rings. The van der Waals surface area contributed by atoms with Gasteiger partial charge in [-0.05, 0) is 50.4 Å². The lowest BCUT2D eigenvalue weighted by Crippen LogP contribution is -2.29. The fourth-order valence-electron chi connectivity index (χ4n) is 5.14. The van der Waals surface area contributed by atoms with Crippen molar-refractivity contribution in [2.75, 3.05) is 18.4 Å². The number of hydrogen-bond acceptors (Lipinski definition) is 9. The molecule has 1 unspecified atom stereocenters. The Bertz CT molecular complexity index is 1660. The first kappa shape index (κ1) is 32.9. The predicted octanol–water partition coefficient (Wildman–Crippen LogP) is 5.80. The maximum atomic E-state index is 16.1. The molecule has 4 aromatic rings. The van der Waals surface area contributed by atoms with E-state index in [1.54, 1.807) is 37.5 Å². The normalized spacial score (nSPS) is 15.2. The van der Waals surface area contributed by atoms with Gasteiger partial charge in [-0.2, -0.15) is 5.10 Å². The van der Waals surface area contributed by atoms with Crippen molar-refractivity contribution in [3.63, 3.8) is 0 Å². The van der Waals surface area contributed by atoms with Crippen LogP contribution >= 0.6 is 23.7 Å².